The van der Waals surface area contributed by atoms with Crippen molar-refractivity contribution in [1.82, 2.24) is 0 Å². The molecule has 1 atom stereocenters. The Labute approximate surface area is 381 Å². The van der Waals surface area contributed by atoms with Gasteiger partial charge in [-0.3, -0.25) is 14.4 Å². The largest absolute Gasteiger partial charge is 0.462 e. The van der Waals surface area contributed by atoms with Crippen molar-refractivity contribution >= 4 is 17.9 Å². The zero-order valence-corrected chi connectivity index (χ0v) is 40.1. The smallest absolute Gasteiger partial charge is 0.306 e. The molecule has 1 unspecified atom stereocenters. The van der Waals surface area contributed by atoms with Gasteiger partial charge in [0, 0.05) is 19.3 Å². The van der Waals surface area contributed by atoms with Crippen LogP contribution in [-0.4, -0.2) is 37.2 Å². The first kappa shape index (κ1) is 58.3. The number of unbranched alkanes of at least 4 members (excludes halogenated alkanes) is 17. The van der Waals surface area contributed by atoms with Crippen molar-refractivity contribution in [1.29, 1.82) is 0 Å². The number of carbonyl (C=O) groups is 3. The molecule has 0 saturated heterocycles. The second-order valence-corrected chi connectivity index (χ2v) is 16.3. The predicted molar refractivity (Wildman–Crippen MR) is 265 cm³/mol. The molecular weight excluding hydrogens is 769 g/mol. The van der Waals surface area contributed by atoms with Crippen molar-refractivity contribution < 1.29 is 28.6 Å². The molecule has 352 valence electrons. The lowest BCUT2D eigenvalue weighted by Gasteiger charge is -2.18. The van der Waals surface area contributed by atoms with Gasteiger partial charge in [0.1, 0.15) is 13.2 Å². The molecule has 0 radical (unpaired) electrons. The van der Waals surface area contributed by atoms with Gasteiger partial charge in [0.25, 0.3) is 0 Å². The van der Waals surface area contributed by atoms with E-state index < -0.39 is 6.10 Å². The second kappa shape index (κ2) is 50.0. The highest BCUT2D eigenvalue weighted by Crippen LogP contribution is 2.12. The molecule has 0 fully saturated rings. The molecule has 0 spiro atoms. The van der Waals surface area contributed by atoms with E-state index in [4.69, 9.17) is 14.2 Å². The summed E-state index contributed by atoms with van der Waals surface area (Å²) in [5, 5.41) is 0. The van der Waals surface area contributed by atoms with Crippen molar-refractivity contribution in [3.05, 3.63) is 97.2 Å². The summed E-state index contributed by atoms with van der Waals surface area (Å²) in [4.78, 5) is 37.7. The molecule has 0 aromatic rings. The molecule has 6 nitrogen and oxygen atoms in total. The van der Waals surface area contributed by atoms with Crippen molar-refractivity contribution in [3.63, 3.8) is 0 Å². The van der Waals surface area contributed by atoms with Crippen LogP contribution in [0.1, 0.15) is 220 Å². The Balaban J connectivity index is 4.34. The summed E-state index contributed by atoms with van der Waals surface area (Å²) in [6.45, 7) is 6.38. The summed E-state index contributed by atoms with van der Waals surface area (Å²) in [6.07, 6.45) is 65.6. The summed E-state index contributed by atoms with van der Waals surface area (Å²) in [5.74, 6) is -0.993. The molecule has 0 heterocycles. The Morgan fingerprint density at radius 2 is 0.645 bits per heavy atom. The minimum atomic E-state index is -0.810. The average molecular weight is 861 g/mol. The first-order valence-electron chi connectivity index (χ1n) is 25.2. The van der Waals surface area contributed by atoms with E-state index in [2.05, 4.69) is 118 Å². The van der Waals surface area contributed by atoms with Crippen LogP contribution in [0.25, 0.3) is 0 Å². The molecule has 0 aromatic carbocycles. The minimum Gasteiger partial charge on any atom is -0.462 e. The van der Waals surface area contributed by atoms with Gasteiger partial charge < -0.3 is 14.2 Å². The van der Waals surface area contributed by atoms with Crippen molar-refractivity contribution in [3.8, 4) is 0 Å². The number of carbonyl (C=O) groups excluding carboxylic acids is 3. The van der Waals surface area contributed by atoms with E-state index in [9.17, 15) is 14.4 Å². The SMILES string of the molecule is CC/C=C\C/C=C\C/C=C\C/C=C\C/C=C\CCCC(=O)OC(COC(=O)CCCCCCCC)COC(=O)CCCCCCCC/C=C\C/C=C\C/C=C\CCCCCCC. The van der Waals surface area contributed by atoms with Gasteiger partial charge in [0.05, 0.1) is 0 Å². The van der Waals surface area contributed by atoms with E-state index in [0.29, 0.717) is 19.3 Å². The van der Waals surface area contributed by atoms with E-state index in [1.54, 1.807) is 0 Å². The Morgan fingerprint density at radius 1 is 0.339 bits per heavy atom. The van der Waals surface area contributed by atoms with Gasteiger partial charge in [-0.05, 0) is 96.3 Å². The third-order valence-electron chi connectivity index (χ3n) is 10.3. The lowest BCUT2D eigenvalue weighted by atomic mass is 10.1. The molecule has 0 rings (SSSR count). The van der Waals surface area contributed by atoms with Gasteiger partial charge in [-0.25, -0.2) is 0 Å². The number of esters is 3. The summed E-state index contributed by atoms with van der Waals surface area (Å²) in [5.41, 5.74) is 0. The number of rotatable bonds is 44. The Kier molecular flexibility index (Phi) is 47.0. The molecule has 0 aliphatic heterocycles. The van der Waals surface area contributed by atoms with Crippen LogP contribution in [0.4, 0.5) is 0 Å². The van der Waals surface area contributed by atoms with Crippen molar-refractivity contribution in [2.45, 2.75) is 226 Å². The van der Waals surface area contributed by atoms with Gasteiger partial charge in [-0.2, -0.15) is 0 Å². The lowest BCUT2D eigenvalue weighted by Crippen LogP contribution is -2.30. The number of allylic oxidation sites excluding steroid dienone is 16. The molecule has 0 N–H and O–H groups in total. The van der Waals surface area contributed by atoms with Crippen molar-refractivity contribution in [2.75, 3.05) is 13.2 Å². The molecular formula is C56H92O6. The highest BCUT2D eigenvalue weighted by Gasteiger charge is 2.19. The maximum Gasteiger partial charge on any atom is 0.306 e. The standard InChI is InChI=1S/C56H92O6/c1-4-7-10-13-16-18-20-22-24-26-27-28-29-31-32-34-36-38-40-43-46-49-55(58)61-52-53(51-60-54(57)48-45-42-15-12-9-6-3)62-56(59)50-47-44-41-39-37-35-33-30-25-23-21-19-17-14-11-8-5-2/h8,11,17,19-20,22-23,25-27,29,31,33,35,39,41,53H,4-7,9-10,12-16,18,21,24,28,30,32,34,36-38,40,42-52H2,1-3H3/b11-8-,19-17-,22-20-,25-23-,27-26-,31-29-,35-33-,41-39-. The quantitative estimate of drug-likeness (QED) is 0.0263. The van der Waals surface area contributed by atoms with Crippen LogP contribution in [0.15, 0.2) is 97.2 Å². The fourth-order valence-corrected chi connectivity index (χ4v) is 6.54. The maximum absolute atomic E-state index is 12.7. The molecule has 6 heteroatoms. The highest BCUT2D eigenvalue weighted by molar-refractivity contribution is 5.71. The highest BCUT2D eigenvalue weighted by atomic mass is 16.6. The summed E-state index contributed by atoms with van der Waals surface area (Å²) in [7, 11) is 0. The first-order chi connectivity index (χ1) is 30.5. The Hall–Kier alpha value is -3.67. The fraction of sp³-hybridized carbons (Fsp3) is 0.661. The molecule has 0 amide bonds. The summed E-state index contributed by atoms with van der Waals surface area (Å²) >= 11 is 0. The Morgan fingerprint density at radius 3 is 1.03 bits per heavy atom. The van der Waals surface area contributed by atoms with Crippen LogP contribution < -0.4 is 0 Å². The van der Waals surface area contributed by atoms with Gasteiger partial charge in [0.2, 0.25) is 0 Å². The number of hydrogen-bond donors (Lipinski definition) is 0. The summed E-state index contributed by atoms with van der Waals surface area (Å²) in [6, 6.07) is 0. The van der Waals surface area contributed by atoms with E-state index >= 15 is 0 Å². The van der Waals surface area contributed by atoms with Crippen LogP contribution in [0.2, 0.25) is 0 Å². The predicted octanol–water partition coefficient (Wildman–Crippen LogP) is 16.6. The van der Waals surface area contributed by atoms with Gasteiger partial charge in [-0.15, -0.1) is 0 Å². The summed E-state index contributed by atoms with van der Waals surface area (Å²) < 4.78 is 16.6. The molecule has 62 heavy (non-hydrogen) atoms. The van der Waals surface area contributed by atoms with Gasteiger partial charge in [-0.1, -0.05) is 201 Å². The third-order valence-corrected chi connectivity index (χ3v) is 10.3. The normalized spacial score (nSPS) is 12.9. The van der Waals surface area contributed by atoms with Gasteiger partial charge >= 0.3 is 17.9 Å². The molecule has 0 aromatic heterocycles. The van der Waals surface area contributed by atoms with Crippen LogP contribution in [0.5, 0.6) is 0 Å². The third kappa shape index (κ3) is 47.4. The minimum absolute atomic E-state index is 0.106. The monoisotopic (exact) mass is 861 g/mol. The van der Waals surface area contributed by atoms with Crippen molar-refractivity contribution in [2.24, 2.45) is 0 Å². The Bertz CT molecular complexity index is 1260. The average Bonchev–Trinajstić information content (AvgIpc) is 3.27. The van der Waals surface area contributed by atoms with Crippen LogP contribution >= 0.6 is 0 Å². The molecule has 0 bridgehead atoms. The van der Waals surface area contributed by atoms with E-state index in [1.807, 2.05) is 0 Å². The maximum atomic E-state index is 12.7. The zero-order chi connectivity index (χ0) is 45.1. The number of ether oxygens (including phenoxy) is 3. The van der Waals surface area contributed by atoms with Gasteiger partial charge in [0.15, 0.2) is 6.10 Å². The van der Waals surface area contributed by atoms with Crippen LogP contribution in [0.3, 0.4) is 0 Å². The van der Waals surface area contributed by atoms with E-state index in [1.165, 1.54) is 70.6 Å². The molecule has 0 saturated carbocycles. The zero-order valence-electron chi connectivity index (χ0n) is 40.1. The molecule has 0 aliphatic carbocycles. The van der Waals surface area contributed by atoms with E-state index in [0.717, 1.165) is 103 Å². The number of hydrogen-bond acceptors (Lipinski definition) is 6. The lowest BCUT2D eigenvalue weighted by molar-refractivity contribution is -0.167. The molecule has 0 aliphatic rings. The topological polar surface area (TPSA) is 78.9 Å². The van der Waals surface area contributed by atoms with Crippen LogP contribution in [0, 0.1) is 0 Å². The fourth-order valence-electron chi connectivity index (χ4n) is 6.54. The second-order valence-electron chi connectivity index (χ2n) is 16.3. The van der Waals surface area contributed by atoms with Crippen LogP contribution in [-0.2, 0) is 28.6 Å². The van der Waals surface area contributed by atoms with E-state index in [-0.39, 0.29) is 37.5 Å². The first-order valence-corrected chi connectivity index (χ1v) is 25.2.